The number of aryl methyl sites for hydroxylation is 1. The van der Waals surface area contributed by atoms with Gasteiger partial charge in [0.15, 0.2) is 0 Å². The lowest BCUT2D eigenvalue weighted by atomic mass is 9.98. The Bertz CT molecular complexity index is 712. The smallest absolute Gasteiger partial charge is 0.135 e. The Morgan fingerprint density at radius 3 is 2.68 bits per heavy atom. The maximum absolute atomic E-state index is 5.94. The van der Waals surface area contributed by atoms with Crippen molar-refractivity contribution in [3.05, 3.63) is 59.9 Å². The zero-order chi connectivity index (χ0) is 13.2. The molecule has 0 aliphatic rings. The van der Waals surface area contributed by atoms with Crippen LogP contribution in [-0.2, 0) is 6.54 Å². The van der Waals surface area contributed by atoms with Crippen LogP contribution in [0.1, 0.15) is 11.3 Å². The molecule has 0 spiro atoms. The van der Waals surface area contributed by atoms with Crippen molar-refractivity contribution in [1.29, 1.82) is 0 Å². The fourth-order valence-corrected chi connectivity index (χ4v) is 2.49. The van der Waals surface area contributed by atoms with Crippen LogP contribution in [0.5, 0.6) is 0 Å². The van der Waals surface area contributed by atoms with Crippen LogP contribution in [0.25, 0.3) is 22.1 Å². The summed E-state index contributed by atoms with van der Waals surface area (Å²) < 4.78 is 5.94. The summed E-state index contributed by atoms with van der Waals surface area (Å²) in [4.78, 5) is 0. The van der Waals surface area contributed by atoms with E-state index >= 15 is 0 Å². The summed E-state index contributed by atoms with van der Waals surface area (Å²) in [6.07, 6.45) is 0. The third-order valence-electron chi connectivity index (χ3n) is 3.40. The van der Waals surface area contributed by atoms with Crippen LogP contribution in [0.3, 0.4) is 0 Å². The van der Waals surface area contributed by atoms with E-state index in [0.717, 1.165) is 18.1 Å². The molecule has 3 rings (SSSR count). The van der Waals surface area contributed by atoms with Crippen molar-refractivity contribution in [2.45, 2.75) is 13.5 Å². The second-order valence-electron chi connectivity index (χ2n) is 4.77. The van der Waals surface area contributed by atoms with Crippen LogP contribution in [0.2, 0.25) is 0 Å². The van der Waals surface area contributed by atoms with E-state index in [9.17, 15) is 0 Å². The van der Waals surface area contributed by atoms with Gasteiger partial charge in [-0.05, 0) is 42.4 Å². The Balaban J connectivity index is 2.19. The second kappa shape index (κ2) is 4.90. The van der Waals surface area contributed by atoms with E-state index in [2.05, 4.69) is 54.7 Å². The van der Waals surface area contributed by atoms with E-state index in [1.807, 2.05) is 13.1 Å². The minimum atomic E-state index is 0.754. The number of benzene rings is 2. The van der Waals surface area contributed by atoms with Crippen LogP contribution in [0.4, 0.5) is 0 Å². The largest absolute Gasteiger partial charge is 0.460 e. The standard InChI is InChI=1S/C17H17NO/c1-12-7-8-13-5-3-4-6-15(13)17(12)16-10-9-14(19-16)11-18-2/h3-10,18H,11H2,1-2H3. The molecule has 0 fully saturated rings. The number of furan rings is 1. The first-order valence-corrected chi connectivity index (χ1v) is 6.51. The maximum atomic E-state index is 5.94. The van der Waals surface area contributed by atoms with Gasteiger partial charge in [-0.15, -0.1) is 0 Å². The first-order valence-electron chi connectivity index (χ1n) is 6.51. The highest BCUT2D eigenvalue weighted by atomic mass is 16.3. The fourth-order valence-electron chi connectivity index (χ4n) is 2.49. The Morgan fingerprint density at radius 2 is 1.84 bits per heavy atom. The molecule has 0 atom stereocenters. The Kier molecular flexibility index (Phi) is 3.10. The van der Waals surface area contributed by atoms with Crippen LogP contribution in [0.15, 0.2) is 52.9 Å². The van der Waals surface area contributed by atoms with Crippen molar-refractivity contribution in [3.8, 4) is 11.3 Å². The average Bonchev–Trinajstić information content (AvgIpc) is 2.87. The van der Waals surface area contributed by atoms with Gasteiger partial charge in [-0.3, -0.25) is 0 Å². The molecule has 0 bridgehead atoms. The lowest BCUT2D eigenvalue weighted by Gasteiger charge is -2.08. The SMILES string of the molecule is CNCc1ccc(-c2c(C)ccc3ccccc23)o1. The molecule has 2 aromatic carbocycles. The summed E-state index contributed by atoms with van der Waals surface area (Å²) in [5.41, 5.74) is 2.43. The zero-order valence-electron chi connectivity index (χ0n) is 11.2. The Morgan fingerprint density at radius 1 is 1.00 bits per heavy atom. The Hall–Kier alpha value is -2.06. The molecule has 1 N–H and O–H groups in total. The molecule has 19 heavy (non-hydrogen) atoms. The van der Waals surface area contributed by atoms with Crippen molar-refractivity contribution in [1.82, 2.24) is 5.32 Å². The minimum absolute atomic E-state index is 0.754. The third-order valence-corrected chi connectivity index (χ3v) is 3.40. The van der Waals surface area contributed by atoms with Gasteiger partial charge in [-0.2, -0.15) is 0 Å². The molecule has 0 radical (unpaired) electrons. The lowest BCUT2D eigenvalue weighted by molar-refractivity contribution is 0.507. The topological polar surface area (TPSA) is 25.2 Å². The van der Waals surface area contributed by atoms with Gasteiger partial charge < -0.3 is 9.73 Å². The number of nitrogens with one attached hydrogen (secondary N) is 1. The molecular formula is C17H17NO. The highest BCUT2D eigenvalue weighted by Gasteiger charge is 2.11. The van der Waals surface area contributed by atoms with Gasteiger partial charge in [0.2, 0.25) is 0 Å². The van der Waals surface area contributed by atoms with Crippen LogP contribution in [0, 0.1) is 6.92 Å². The van der Waals surface area contributed by atoms with Crippen molar-refractivity contribution in [2.24, 2.45) is 0 Å². The highest BCUT2D eigenvalue weighted by Crippen LogP contribution is 2.32. The molecule has 0 saturated heterocycles. The number of hydrogen-bond donors (Lipinski definition) is 1. The summed E-state index contributed by atoms with van der Waals surface area (Å²) in [5.74, 6) is 1.91. The van der Waals surface area contributed by atoms with Gasteiger partial charge in [-0.1, -0.05) is 36.4 Å². The van der Waals surface area contributed by atoms with E-state index in [4.69, 9.17) is 4.42 Å². The molecule has 1 aromatic heterocycles. The summed E-state index contributed by atoms with van der Waals surface area (Å²) >= 11 is 0. The molecule has 0 aliphatic carbocycles. The number of hydrogen-bond acceptors (Lipinski definition) is 2. The Labute approximate surface area is 113 Å². The van der Waals surface area contributed by atoms with E-state index in [0.29, 0.717) is 0 Å². The van der Waals surface area contributed by atoms with E-state index in [1.54, 1.807) is 0 Å². The van der Waals surface area contributed by atoms with Gasteiger partial charge in [0.25, 0.3) is 0 Å². The van der Waals surface area contributed by atoms with E-state index < -0.39 is 0 Å². The molecule has 0 amide bonds. The number of fused-ring (bicyclic) bond motifs is 1. The molecule has 2 heteroatoms. The predicted molar refractivity (Wildman–Crippen MR) is 79.2 cm³/mol. The first-order chi connectivity index (χ1) is 9.29. The van der Waals surface area contributed by atoms with E-state index in [1.165, 1.54) is 21.9 Å². The minimum Gasteiger partial charge on any atom is -0.460 e. The van der Waals surface area contributed by atoms with Crippen LogP contribution in [-0.4, -0.2) is 7.05 Å². The molecule has 0 unspecified atom stereocenters. The molecule has 3 aromatic rings. The van der Waals surface area contributed by atoms with Gasteiger partial charge in [0.1, 0.15) is 11.5 Å². The normalized spacial score (nSPS) is 11.1. The molecule has 0 aliphatic heterocycles. The quantitative estimate of drug-likeness (QED) is 0.757. The van der Waals surface area contributed by atoms with Crippen molar-refractivity contribution in [3.63, 3.8) is 0 Å². The summed E-state index contributed by atoms with van der Waals surface area (Å²) in [5, 5.41) is 5.60. The zero-order valence-corrected chi connectivity index (χ0v) is 11.2. The molecule has 1 heterocycles. The van der Waals surface area contributed by atoms with Crippen LogP contribution >= 0.6 is 0 Å². The molecule has 96 valence electrons. The summed E-state index contributed by atoms with van der Waals surface area (Å²) in [7, 11) is 1.92. The van der Waals surface area contributed by atoms with Crippen molar-refractivity contribution >= 4 is 10.8 Å². The number of rotatable bonds is 3. The summed E-state index contributed by atoms with van der Waals surface area (Å²) in [6, 6.07) is 16.8. The van der Waals surface area contributed by atoms with Gasteiger partial charge in [-0.25, -0.2) is 0 Å². The van der Waals surface area contributed by atoms with Gasteiger partial charge in [0.05, 0.1) is 6.54 Å². The fraction of sp³-hybridized carbons (Fsp3) is 0.176. The lowest BCUT2D eigenvalue weighted by Crippen LogP contribution is -2.03. The van der Waals surface area contributed by atoms with E-state index in [-0.39, 0.29) is 0 Å². The van der Waals surface area contributed by atoms with Crippen molar-refractivity contribution in [2.75, 3.05) is 7.05 Å². The average molecular weight is 251 g/mol. The second-order valence-corrected chi connectivity index (χ2v) is 4.77. The molecule has 0 saturated carbocycles. The van der Waals surface area contributed by atoms with Gasteiger partial charge in [0, 0.05) is 5.56 Å². The monoisotopic (exact) mass is 251 g/mol. The molecular weight excluding hydrogens is 234 g/mol. The highest BCUT2D eigenvalue weighted by molar-refractivity contribution is 5.97. The van der Waals surface area contributed by atoms with Crippen LogP contribution < -0.4 is 5.32 Å². The van der Waals surface area contributed by atoms with Crippen molar-refractivity contribution < 1.29 is 4.42 Å². The van der Waals surface area contributed by atoms with Gasteiger partial charge >= 0.3 is 0 Å². The molecule has 2 nitrogen and oxygen atoms in total. The maximum Gasteiger partial charge on any atom is 0.135 e. The predicted octanol–water partition coefficient (Wildman–Crippen LogP) is 4.13. The third kappa shape index (κ3) is 2.15. The first kappa shape index (κ1) is 12.0. The summed E-state index contributed by atoms with van der Waals surface area (Å²) in [6.45, 7) is 2.88.